The average Bonchev–Trinajstić information content (AvgIpc) is 3.08. The zero-order valence-corrected chi connectivity index (χ0v) is 13.2. The van der Waals surface area contributed by atoms with Crippen LogP contribution in [0.3, 0.4) is 0 Å². The van der Waals surface area contributed by atoms with E-state index in [1.807, 2.05) is 4.90 Å². The topological polar surface area (TPSA) is 29.5 Å². The third-order valence-electron chi connectivity index (χ3n) is 4.39. The van der Waals surface area contributed by atoms with Crippen LogP contribution in [0.25, 0.3) is 5.57 Å². The minimum Gasteiger partial charge on any atom is -0.368 e. The van der Waals surface area contributed by atoms with Gasteiger partial charge in [-0.05, 0) is 36.3 Å². The van der Waals surface area contributed by atoms with E-state index < -0.39 is 0 Å². The van der Waals surface area contributed by atoms with Gasteiger partial charge in [-0.1, -0.05) is 31.4 Å². The van der Waals surface area contributed by atoms with Crippen LogP contribution in [-0.2, 0) is 9.53 Å². The Morgan fingerprint density at radius 2 is 2.19 bits per heavy atom. The minimum atomic E-state index is 0.141. The molecule has 0 saturated heterocycles. The molecule has 0 spiro atoms. The number of thiophene rings is 1. The van der Waals surface area contributed by atoms with Crippen molar-refractivity contribution in [3.8, 4) is 0 Å². The zero-order chi connectivity index (χ0) is 14.5. The molecule has 1 amide bonds. The van der Waals surface area contributed by atoms with Gasteiger partial charge in [0.25, 0.3) is 0 Å². The normalized spacial score (nSPS) is 20.4. The summed E-state index contributed by atoms with van der Waals surface area (Å²) in [7, 11) is 0. The highest BCUT2D eigenvalue weighted by Gasteiger charge is 2.20. The van der Waals surface area contributed by atoms with Gasteiger partial charge >= 0.3 is 0 Å². The van der Waals surface area contributed by atoms with Gasteiger partial charge in [-0.25, -0.2) is 0 Å². The van der Waals surface area contributed by atoms with Gasteiger partial charge in [0.05, 0.1) is 6.10 Å². The number of amides is 1. The molecule has 2 heterocycles. The van der Waals surface area contributed by atoms with Crippen LogP contribution >= 0.6 is 11.3 Å². The summed E-state index contributed by atoms with van der Waals surface area (Å²) in [5, 5.41) is 2.10. The molecule has 0 aromatic carbocycles. The summed E-state index contributed by atoms with van der Waals surface area (Å²) < 4.78 is 5.79. The minimum absolute atomic E-state index is 0.141. The molecule has 114 valence electrons. The molecule has 0 bridgehead atoms. The van der Waals surface area contributed by atoms with Crippen molar-refractivity contribution in [2.75, 3.05) is 19.7 Å². The van der Waals surface area contributed by atoms with Crippen molar-refractivity contribution in [2.24, 2.45) is 0 Å². The Bertz CT molecular complexity index is 489. The molecule has 1 fully saturated rings. The van der Waals surface area contributed by atoms with E-state index in [4.69, 9.17) is 4.74 Å². The monoisotopic (exact) mass is 305 g/mol. The van der Waals surface area contributed by atoms with E-state index in [1.165, 1.54) is 29.7 Å². The molecule has 2 aliphatic rings. The molecule has 1 saturated carbocycles. The van der Waals surface area contributed by atoms with Crippen LogP contribution in [-0.4, -0.2) is 36.6 Å². The molecule has 3 nitrogen and oxygen atoms in total. The first-order chi connectivity index (χ1) is 10.3. The standard InChI is InChI=1S/C17H23NO2S/c19-17(13-20-15-5-2-1-3-6-15)18-10-8-14(9-11-18)16-7-4-12-21-16/h4,7-8,12,15H,1-3,5-6,9-11,13H2. The van der Waals surface area contributed by atoms with Gasteiger partial charge in [-0.2, -0.15) is 0 Å². The molecule has 0 radical (unpaired) electrons. The quantitative estimate of drug-likeness (QED) is 0.848. The Morgan fingerprint density at radius 1 is 1.33 bits per heavy atom. The summed E-state index contributed by atoms with van der Waals surface area (Å²) in [6.07, 6.45) is 9.50. The average molecular weight is 305 g/mol. The fourth-order valence-corrected chi connectivity index (χ4v) is 3.89. The summed E-state index contributed by atoms with van der Waals surface area (Å²) in [6, 6.07) is 4.23. The van der Waals surface area contributed by atoms with Crippen molar-refractivity contribution in [1.29, 1.82) is 0 Å². The maximum Gasteiger partial charge on any atom is 0.248 e. The predicted molar refractivity (Wildman–Crippen MR) is 86.3 cm³/mol. The third-order valence-corrected chi connectivity index (χ3v) is 5.34. The second kappa shape index (κ2) is 7.23. The molecule has 1 aromatic heterocycles. The van der Waals surface area contributed by atoms with Crippen LogP contribution in [0.2, 0.25) is 0 Å². The molecule has 0 unspecified atom stereocenters. The summed E-state index contributed by atoms with van der Waals surface area (Å²) in [5.74, 6) is 0.141. The number of carbonyl (C=O) groups excluding carboxylic acids is 1. The van der Waals surface area contributed by atoms with E-state index in [9.17, 15) is 4.79 Å². The molecule has 3 rings (SSSR count). The van der Waals surface area contributed by atoms with Crippen LogP contribution in [0.4, 0.5) is 0 Å². The van der Waals surface area contributed by atoms with Crippen molar-refractivity contribution in [3.05, 3.63) is 28.5 Å². The van der Waals surface area contributed by atoms with Gasteiger partial charge in [0.1, 0.15) is 6.61 Å². The third kappa shape index (κ3) is 3.95. The van der Waals surface area contributed by atoms with E-state index in [2.05, 4.69) is 23.6 Å². The van der Waals surface area contributed by atoms with Crippen LogP contribution in [0.5, 0.6) is 0 Å². The second-order valence-corrected chi connectivity index (χ2v) is 6.82. The number of ether oxygens (including phenoxy) is 1. The van der Waals surface area contributed by atoms with E-state index in [1.54, 1.807) is 11.3 Å². The molecular weight excluding hydrogens is 282 g/mol. The van der Waals surface area contributed by atoms with Gasteiger partial charge in [-0.3, -0.25) is 4.79 Å². The van der Waals surface area contributed by atoms with Crippen LogP contribution in [0.15, 0.2) is 23.6 Å². The molecule has 1 aliphatic carbocycles. The van der Waals surface area contributed by atoms with E-state index in [0.717, 1.165) is 32.4 Å². The molecular formula is C17H23NO2S. The Balaban J connectivity index is 1.46. The van der Waals surface area contributed by atoms with Crippen molar-refractivity contribution in [2.45, 2.75) is 44.6 Å². The lowest BCUT2D eigenvalue weighted by Crippen LogP contribution is -2.38. The first-order valence-corrected chi connectivity index (χ1v) is 8.83. The fourth-order valence-electron chi connectivity index (χ4n) is 3.09. The molecule has 21 heavy (non-hydrogen) atoms. The molecule has 0 atom stereocenters. The molecule has 4 heteroatoms. The Morgan fingerprint density at radius 3 is 2.86 bits per heavy atom. The van der Waals surface area contributed by atoms with Crippen molar-refractivity contribution in [1.82, 2.24) is 4.90 Å². The van der Waals surface area contributed by atoms with Gasteiger partial charge in [0.15, 0.2) is 0 Å². The van der Waals surface area contributed by atoms with Crippen molar-refractivity contribution < 1.29 is 9.53 Å². The largest absolute Gasteiger partial charge is 0.368 e. The number of carbonyl (C=O) groups is 1. The van der Waals surface area contributed by atoms with E-state index >= 15 is 0 Å². The summed E-state index contributed by atoms with van der Waals surface area (Å²) in [5.41, 5.74) is 1.38. The lowest BCUT2D eigenvalue weighted by atomic mass is 9.98. The summed E-state index contributed by atoms with van der Waals surface area (Å²) in [6.45, 7) is 1.80. The van der Waals surface area contributed by atoms with E-state index in [-0.39, 0.29) is 12.5 Å². The van der Waals surface area contributed by atoms with Crippen molar-refractivity contribution in [3.63, 3.8) is 0 Å². The predicted octanol–water partition coefficient (Wildman–Crippen LogP) is 3.71. The fraction of sp³-hybridized carbons (Fsp3) is 0.588. The summed E-state index contributed by atoms with van der Waals surface area (Å²) in [4.78, 5) is 15.5. The van der Waals surface area contributed by atoms with E-state index in [0.29, 0.717) is 6.10 Å². The molecule has 1 aliphatic heterocycles. The number of hydrogen-bond acceptors (Lipinski definition) is 3. The maximum absolute atomic E-state index is 12.2. The lowest BCUT2D eigenvalue weighted by molar-refractivity contribution is -0.138. The maximum atomic E-state index is 12.2. The summed E-state index contributed by atoms with van der Waals surface area (Å²) >= 11 is 1.77. The second-order valence-electron chi connectivity index (χ2n) is 5.87. The number of rotatable bonds is 4. The van der Waals surface area contributed by atoms with Gasteiger partial charge in [0, 0.05) is 18.0 Å². The van der Waals surface area contributed by atoms with Crippen LogP contribution < -0.4 is 0 Å². The highest BCUT2D eigenvalue weighted by Crippen LogP contribution is 2.26. The molecule has 0 N–H and O–H groups in total. The molecule has 1 aromatic rings. The van der Waals surface area contributed by atoms with Gasteiger partial charge in [-0.15, -0.1) is 11.3 Å². The van der Waals surface area contributed by atoms with Gasteiger partial charge in [0.2, 0.25) is 5.91 Å². The smallest absolute Gasteiger partial charge is 0.248 e. The first-order valence-electron chi connectivity index (χ1n) is 7.95. The van der Waals surface area contributed by atoms with Crippen LogP contribution in [0.1, 0.15) is 43.4 Å². The Labute approximate surface area is 130 Å². The Kier molecular flexibility index (Phi) is 5.09. The number of nitrogens with zero attached hydrogens (tertiary/aromatic N) is 1. The zero-order valence-electron chi connectivity index (χ0n) is 12.4. The first kappa shape index (κ1) is 14.8. The SMILES string of the molecule is O=C(COC1CCCCC1)N1CC=C(c2cccs2)CC1. The Hall–Kier alpha value is -1.13. The van der Waals surface area contributed by atoms with Gasteiger partial charge < -0.3 is 9.64 Å². The highest BCUT2D eigenvalue weighted by molar-refractivity contribution is 7.11. The van der Waals surface area contributed by atoms with Crippen LogP contribution in [0, 0.1) is 0 Å². The van der Waals surface area contributed by atoms with Crippen molar-refractivity contribution >= 4 is 22.8 Å². The highest BCUT2D eigenvalue weighted by atomic mass is 32.1. The number of hydrogen-bond donors (Lipinski definition) is 0. The lowest BCUT2D eigenvalue weighted by Gasteiger charge is -2.28.